The number of amides is 2. The Morgan fingerprint density at radius 3 is 2.43 bits per heavy atom. The Bertz CT molecular complexity index is 1710. The number of rotatable bonds is 25. The minimum absolute atomic E-state index is 0.0340. The van der Waals surface area contributed by atoms with Gasteiger partial charge in [-0.2, -0.15) is 10.1 Å². The highest BCUT2D eigenvalue weighted by molar-refractivity contribution is 5.90. The maximum absolute atomic E-state index is 13.3. The summed E-state index contributed by atoms with van der Waals surface area (Å²) in [5.74, 6) is 1.12. The summed E-state index contributed by atoms with van der Waals surface area (Å²) in [5.41, 5.74) is 16.5. The van der Waals surface area contributed by atoms with E-state index >= 15 is 0 Å². The molecule has 58 heavy (non-hydrogen) atoms. The lowest BCUT2D eigenvalue weighted by molar-refractivity contribution is -0.134. The number of nitrogens with one attached hydrogen (secondary N) is 6. The van der Waals surface area contributed by atoms with Crippen molar-refractivity contribution >= 4 is 34.5 Å². The number of hydrogen-bond acceptors (Lipinski definition) is 12. The van der Waals surface area contributed by atoms with Crippen molar-refractivity contribution in [2.75, 3.05) is 63.0 Å². The zero-order valence-corrected chi connectivity index (χ0v) is 34.7. The van der Waals surface area contributed by atoms with Crippen molar-refractivity contribution in [3.8, 4) is 0 Å². The molecule has 316 valence electrons. The molecule has 0 spiro atoms. The smallest absolute Gasteiger partial charge is 0.239 e. The van der Waals surface area contributed by atoms with Gasteiger partial charge in [0.25, 0.3) is 0 Å². The Balaban J connectivity index is 1.02. The highest BCUT2D eigenvalue weighted by Gasteiger charge is 2.26. The fraction of sp³-hybridized carbons (Fsp3) is 0.591. The molecule has 0 radical (unpaired) electrons. The summed E-state index contributed by atoms with van der Waals surface area (Å²) >= 11 is 0. The van der Waals surface area contributed by atoms with E-state index in [1.807, 2.05) is 64.4 Å². The zero-order valence-electron chi connectivity index (χ0n) is 34.7. The van der Waals surface area contributed by atoms with Gasteiger partial charge in [-0.15, -0.1) is 0 Å². The first-order chi connectivity index (χ1) is 28.4. The van der Waals surface area contributed by atoms with Crippen LogP contribution < -0.4 is 32.3 Å². The predicted molar refractivity (Wildman–Crippen MR) is 233 cm³/mol. The van der Waals surface area contributed by atoms with Crippen molar-refractivity contribution in [2.45, 2.75) is 115 Å². The third-order valence-corrected chi connectivity index (χ3v) is 11.2. The van der Waals surface area contributed by atoms with E-state index in [0.29, 0.717) is 50.8 Å². The second-order valence-corrected chi connectivity index (χ2v) is 15.8. The number of aromatic nitrogens is 2. The largest absolute Gasteiger partial charge is 0.389 e. The van der Waals surface area contributed by atoms with Crippen LogP contribution in [0.2, 0.25) is 0 Å². The SMILES string of the molecule is CCCCN(Cc1ccccc1)C(=O)[C@@H](N)CCC(=O)N1CCC(Nc2nc(NC/C(=C/NCCCNCCCNC3CCCCC3)N=N)nc3ccccc23)CC1. The molecule has 2 aliphatic rings. The zero-order chi connectivity index (χ0) is 40.8. The van der Waals surface area contributed by atoms with E-state index in [4.69, 9.17) is 21.2 Å². The summed E-state index contributed by atoms with van der Waals surface area (Å²) in [4.78, 5) is 39.9. The van der Waals surface area contributed by atoms with Crippen LogP contribution in [-0.2, 0) is 16.1 Å². The molecule has 2 amide bonds. The molecule has 14 heteroatoms. The Morgan fingerprint density at radius 1 is 0.931 bits per heavy atom. The molecular formula is C44H68N12O2. The first-order valence-corrected chi connectivity index (χ1v) is 21.8. The minimum atomic E-state index is -0.712. The van der Waals surface area contributed by atoms with Crippen molar-refractivity contribution in [1.82, 2.24) is 35.7 Å². The number of piperidine rings is 1. The average Bonchev–Trinajstić information content (AvgIpc) is 3.26. The monoisotopic (exact) mass is 797 g/mol. The van der Waals surface area contributed by atoms with Crippen LogP contribution in [0.25, 0.3) is 10.9 Å². The molecule has 1 saturated carbocycles. The molecule has 2 fully saturated rings. The normalized spacial score (nSPS) is 15.9. The lowest BCUT2D eigenvalue weighted by atomic mass is 9.95. The van der Waals surface area contributed by atoms with Gasteiger partial charge in [0.2, 0.25) is 17.8 Å². The number of carbonyl (C=O) groups excluding carboxylic acids is 2. The second-order valence-electron chi connectivity index (χ2n) is 15.8. The van der Waals surface area contributed by atoms with Crippen LogP contribution >= 0.6 is 0 Å². The number of nitrogens with two attached hydrogens (primary N) is 1. The number of anilines is 2. The molecule has 1 atom stereocenters. The molecule has 1 aliphatic carbocycles. The molecule has 2 aromatic carbocycles. The van der Waals surface area contributed by atoms with Crippen LogP contribution in [0.4, 0.5) is 11.8 Å². The number of unbranched alkanes of at least 4 members (excludes halogenated alkanes) is 1. The molecule has 2 heterocycles. The van der Waals surface area contributed by atoms with Gasteiger partial charge >= 0.3 is 0 Å². The van der Waals surface area contributed by atoms with E-state index < -0.39 is 6.04 Å². The van der Waals surface area contributed by atoms with Crippen molar-refractivity contribution in [1.29, 1.82) is 5.53 Å². The summed E-state index contributed by atoms with van der Waals surface area (Å²) in [6.45, 7) is 8.65. The van der Waals surface area contributed by atoms with Gasteiger partial charge in [0.15, 0.2) is 0 Å². The first kappa shape index (κ1) is 44.4. The second kappa shape index (κ2) is 25.0. The quantitative estimate of drug-likeness (QED) is 0.0388. The van der Waals surface area contributed by atoms with Crippen molar-refractivity contribution in [3.63, 3.8) is 0 Å². The van der Waals surface area contributed by atoms with Gasteiger partial charge in [0, 0.05) is 62.8 Å². The van der Waals surface area contributed by atoms with E-state index in [1.165, 1.54) is 32.1 Å². The van der Waals surface area contributed by atoms with Gasteiger partial charge < -0.3 is 42.1 Å². The van der Waals surface area contributed by atoms with E-state index in [1.54, 1.807) is 6.20 Å². The third kappa shape index (κ3) is 14.9. The number of nitrogens with zero attached hydrogens (tertiary/aromatic N) is 5. The van der Waals surface area contributed by atoms with E-state index in [2.05, 4.69) is 38.6 Å². The number of likely N-dealkylation sites (tertiary alicyclic amines) is 1. The van der Waals surface area contributed by atoms with Crippen LogP contribution in [0.5, 0.6) is 0 Å². The Morgan fingerprint density at radius 2 is 1.67 bits per heavy atom. The Kier molecular flexibility index (Phi) is 19.1. The Labute approximate surface area is 345 Å². The molecule has 1 aliphatic heterocycles. The maximum atomic E-state index is 13.3. The van der Waals surface area contributed by atoms with E-state index in [9.17, 15) is 9.59 Å². The van der Waals surface area contributed by atoms with Crippen molar-refractivity contribution in [3.05, 3.63) is 72.1 Å². The fourth-order valence-corrected chi connectivity index (χ4v) is 7.70. The molecule has 1 saturated heterocycles. The summed E-state index contributed by atoms with van der Waals surface area (Å²) in [7, 11) is 0. The maximum Gasteiger partial charge on any atom is 0.239 e. The van der Waals surface area contributed by atoms with Gasteiger partial charge in [-0.25, -0.2) is 10.5 Å². The lowest BCUT2D eigenvalue weighted by Crippen LogP contribution is -2.45. The first-order valence-electron chi connectivity index (χ1n) is 21.8. The standard InChI is InChI=1S/C44H68N12O2/c1-2-3-28-56(33-34-14-6-4-7-15-34)43(58)39(45)20-21-41(57)55-29-22-36(23-30-55)51-42-38-18-10-11-19-40(38)52-44(53-42)50-32-37(54-46)31-48-26-12-24-47-25-13-27-49-35-16-8-5-9-17-35/h4,6-7,10-11,14-15,18-19,31,35-36,39,46-49H,2-3,5,8-9,12-13,16-17,20-30,32-33,45H2,1H3,(H2,50,51,52,53)/b37-31-,54-46?/t39-/m0/s1. The van der Waals surface area contributed by atoms with Gasteiger partial charge in [-0.1, -0.05) is 75.1 Å². The molecule has 3 aromatic rings. The fourth-order valence-electron chi connectivity index (χ4n) is 7.70. The van der Waals surface area contributed by atoms with Crippen LogP contribution in [0.3, 0.4) is 0 Å². The van der Waals surface area contributed by atoms with Crippen LogP contribution in [-0.4, -0.2) is 102 Å². The van der Waals surface area contributed by atoms with E-state index in [0.717, 1.165) is 93.0 Å². The van der Waals surface area contributed by atoms with E-state index in [-0.39, 0.29) is 24.3 Å². The van der Waals surface area contributed by atoms with Crippen LogP contribution in [0.15, 0.2) is 71.6 Å². The Hall–Kier alpha value is -4.66. The molecule has 0 unspecified atom stereocenters. The topological polar surface area (TPSA) is 189 Å². The molecule has 0 bridgehead atoms. The number of benzene rings is 2. The highest BCUT2D eigenvalue weighted by Crippen LogP contribution is 2.25. The molecule has 1 aromatic heterocycles. The summed E-state index contributed by atoms with van der Waals surface area (Å²) < 4.78 is 0. The molecule has 5 rings (SSSR count). The van der Waals surface area contributed by atoms with Gasteiger partial charge in [-0.05, 0) is 88.7 Å². The van der Waals surface area contributed by atoms with Gasteiger partial charge in [0.1, 0.15) is 5.82 Å². The van der Waals surface area contributed by atoms with Gasteiger partial charge in [0.05, 0.1) is 23.8 Å². The van der Waals surface area contributed by atoms with Crippen molar-refractivity contribution < 1.29 is 9.59 Å². The number of carbonyl (C=O) groups is 2. The number of fused-ring (bicyclic) bond motifs is 1. The number of para-hydroxylation sites is 1. The summed E-state index contributed by atoms with van der Waals surface area (Å²) in [6.07, 6.45) is 14.7. The van der Waals surface area contributed by atoms with Gasteiger partial charge in [-0.3, -0.25) is 9.59 Å². The lowest BCUT2D eigenvalue weighted by Gasteiger charge is -2.33. The summed E-state index contributed by atoms with van der Waals surface area (Å²) in [6, 6.07) is 18.0. The summed E-state index contributed by atoms with van der Waals surface area (Å²) in [5, 5.41) is 22.0. The minimum Gasteiger partial charge on any atom is -0.389 e. The molecule has 8 N–H and O–H groups in total. The molecular weight excluding hydrogens is 729 g/mol. The number of hydrogen-bond donors (Lipinski definition) is 7. The third-order valence-electron chi connectivity index (χ3n) is 11.2. The van der Waals surface area contributed by atoms with Crippen LogP contribution in [0.1, 0.15) is 96.0 Å². The molecule has 14 nitrogen and oxygen atoms in total. The van der Waals surface area contributed by atoms with Crippen LogP contribution in [0, 0.1) is 5.53 Å². The predicted octanol–water partition coefficient (Wildman–Crippen LogP) is 6.14. The highest BCUT2D eigenvalue weighted by atomic mass is 16.2. The average molecular weight is 797 g/mol. The van der Waals surface area contributed by atoms with Crippen molar-refractivity contribution in [2.24, 2.45) is 10.8 Å².